The molecule has 0 radical (unpaired) electrons. The van der Waals surface area contributed by atoms with E-state index in [1.807, 2.05) is 19.1 Å². The van der Waals surface area contributed by atoms with Gasteiger partial charge in [-0.3, -0.25) is 4.79 Å². The highest BCUT2D eigenvalue weighted by Gasteiger charge is 2.14. The summed E-state index contributed by atoms with van der Waals surface area (Å²) in [5.74, 6) is 0.259. The maximum atomic E-state index is 12.2. The zero-order valence-corrected chi connectivity index (χ0v) is 10.7. The van der Waals surface area contributed by atoms with Crippen molar-refractivity contribution in [2.75, 3.05) is 5.73 Å². The lowest BCUT2D eigenvalue weighted by Gasteiger charge is -2.07. The number of halogens is 1. The van der Waals surface area contributed by atoms with Gasteiger partial charge in [-0.15, -0.1) is 0 Å². The third-order valence-corrected chi connectivity index (χ3v) is 3.00. The van der Waals surface area contributed by atoms with E-state index in [0.29, 0.717) is 17.0 Å². The number of nitrogen functional groups attached to an aromatic ring is 1. The average molecular weight is 261 g/mol. The molecule has 3 nitrogen and oxygen atoms in total. The number of carbonyl (C=O) groups excluding carboxylic acids is 1. The van der Waals surface area contributed by atoms with Gasteiger partial charge in [-0.05, 0) is 36.2 Å². The molecule has 0 aliphatic heterocycles. The number of aryl methyl sites for hydroxylation is 1. The van der Waals surface area contributed by atoms with Crippen molar-refractivity contribution in [1.29, 1.82) is 0 Å². The molecule has 4 heteroatoms. The van der Waals surface area contributed by atoms with Gasteiger partial charge in [0, 0.05) is 17.6 Å². The number of hydrogen-bond donors (Lipinski definition) is 1. The smallest absolute Gasteiger partial charge is 0.171 e. The van der Waals surface area contributed by atoms with Crippen LogP contribution in [0.25, 0.3) is 0 Å². The molecule has 2 aromatic rings. The van der Waals surface area contributed by atoms with Gasteiger partial charge in [0.1, 0.15) is 5.82 Å². The lowest BCUT2D eigenvalue weighted by atomic mass is 10.0. The Balaban J connectivity index is 2.25. The van der Waals surface area contributed by atoms with Gasteiger partial charge < -0.3 is 5.73 Å². The van der Waals surface area contributed by atoms with E-state index in [0.717, 1.165) is 11.1 Å². The first-order valence-corrected chi connectivity index (χ1v) is 5.94. The van der Waals surface area contributed by atoms with Crippen molar-refractivity contribution in [2.24, 2.45) is 0 Å². The Morgan fingerprint density at radius 2 is 1.94 bits per heavy atom. The number of Topliss-reactive ketones (excluding diaryl/α,β-unsaturated/α-hetero) is 1. The van der Waals surface area contributed by atoms with Gasteiger partial charge in [0.05, 0.1) is 5.56 Å². The monoisotopic (exact) mass is 260 g/mol. The normalized spacial score (nSPS) is 10.3. The second kappa shape index (κ2) is 5.19. The first kappa shape index (κ1) is 12.6. The van der Waals surface area contributed by atoms with E-state index in [1.54, 1.807) is 24.4 Å². The van der Waals surface area contributed by atoms with E-state index in [-0.39, 0.29) is 11.6 Å². The molecule has 0 saturated heterocycles. The average Bonchev–Trinajstić information content (AvgIpc) is 2.32. The Labute approximate surface area is 111 Å². The number of aromatic nitrogens is 1. The summed E-state index contributed by atoms with van der Waals surface area (Å²) in [6, 6.07) is 8.99. The van der Waals surface area contributed by atoms with Crippen molar-refractivity contribution in [3.05, 3.63) is 58.2 Å². The van der Waals surface area contributed by atoms with Crippen molar-refractivity contribution in [3.8, 4) is 0 Å². The number of anilines is 1. The summed E-state index contributed by atoms with van der Waals surface area (Å²) in [6.07, 6.45) is 1.90. The summed E-state index contributed by atoms with van der Waals surface area (Å²) in [5.41, 5.74) is 8.01. The van der Waals surface area contributed by atoms with E-state index in [4.69, 9.17) is 17.3 Å². The molecule has 0 amide bonds. The Bertz CT molecular complexity index is 559. The van der Waals surface area contributed by atoms with Crippen LogP contribution < -0.4 is 5.73 Å². The van der Waals surface area contributed by atoms with Gasteiger partial charge in [0.15, 0.2) is 5.78 Å². The van der Waals surface area contributed by atoms with Gasteiger partial charge >= 0.3 is 0 Å². The number of rotatable bonds is 3. The molecule has 92 valence electrons. The summed E-state index contributed by atoms with van der Waals surface area (Å²) in [7, 11) is 0. The van der Waals surface area contributed by atoms with Crippen LogP contribution in [0.4, 0.5) is 5.82 Å². The highest BCUT2D eigenvalue weighted by molar-refractivity contribution is 6.30. The predicted molar refractivity (Wildman–Crippen MR) is 72.9 cm³/mol. The maximum absolute atomic E-state index is 12.2. The molecule has 0 aliphatic rings. The van der Waals surface area contributed by atoms with Crippen LogP contribution in [0.1, 0.15) is 21.5 Å². The lowest BCUT2D eigenvalue weighted by molar-refractivity contribution is 0.0993. The Kier molecular flexibility index (Phi) is 3.63. The van der Waals surface area contributed by atoms with Crippen LogP contribution in [0, 0.1) is 6.92 Å². The number of hydrogen-bond acceptors (Lipinski definition) is 3. The molecule has 2 N–H and O–H groups in total. The summed E-state index contributed by atoms with van der Waals surface area (Å²) in [6.45, 7) is 1.85. The van der Waals surface area contributed by atoms with Crippen molar-refractivity contribution in [2.45, 2.75) is 13.3 Å². The minimum Gasteiger partial charge on any atom is -0.383 e. The molecule has 1 heterocycles. The summed E-state index contributed by atoms with van der Waals surface area (Å²) in [5, 5.41) is 0.656. The maximum Gasteiger partial charge on any atom is 0.171 e. The molecular formula is C14H13ClN2O. The van der Waals surface area contributed by atoms with E-state index in [1.165, 1.54) is 0 Å². The summed E-state index contributed by atoms with van der Waals surface area (Å²) in [4.78, 5) is 16.1. The molecule has 0 aliphatic carbocycles. The highest BCUT2D eigenvalue weighted by Crippen LogP contribution is 2.17. The molecule has 1 aromatic carbocycles. The van der Waals surface area contributed by atoms with Crippen LogP contribution in [0.2, 0.25) is 5.02 Å². The molecule has 2 rings (SSSR count). The molecule has 18 heavy (non-hydrogen) atoms. The predicted octanol–water partition coefficient (Wildman–Crippen LogP) is 3.05. The van der Waals surface area contributed by atoms with Crippen LogP contribution >= 0.6 is 11.6 Å². The number of ketones is 1. The molecule has 0 spiro atoms. The van der Waals surface area contributed by atoms with Gasteiger partial charge in [-0.1, -0.05) is 23.7 Å². The molecule has 0 atom stereocenters. The van der Waals surface area contributed by atoms with Crippen molar-refractivity contribution in [3.63, 3.8) is 0 Å². The Morgan fingerprint density at radius 3 is 2.56 bits per heavy atom. The minimum absolute atomic E-state index is 0.0274. The van der Waals surface area contributed by atoms with E-state index >= 15 is 0 Å². The summed E-state index contributed by atoms with van der Waals surface area (Å²) < 4.78 is 0. The molecule has 0 fully saturated rings. The SMILES string of the molecule is Cc1ccnc(N)c1C(=O)Cc1ccc(Cl)cc1. The van der Waals surface area contributed by atoms with Gasteiger partial charge in [-0.2, -0.15) is 0 Å². The van der Waals surface area contributed by atoms with Gasteiger partial charge in [0.2, 0.25) is 0 Å². The number of benzene rings is 1. The van der Waals surface area contributed by atoms with Crippen LogP contribution in [0.3, 0.4) is 0 Å². The number of nitrogens with two attached hydrogens (primary N) is 1. The fraction of sp³-hybridized carbons (Fsp3) is 0.143. The van der Waals surface area contributed by atoms with E-state index < -0.39 is 0 Å². The van der Waals surface area contributed by atoms with Crippen molar-refractivity contribution < 1.29 is 4.79 Å². The molecule has 0 saturated carbocycles. The third-order valence-electron chi connectivity index (χ3n) is 2.75. The Morgan fingerprint density at radius 1 is 1.28 bits per heavy atom. The number of carbonyl (C=O) groups is 1. The van der Waals surface area contributed by atoms with Gasteiger partial charge in [-0.25, -0.2) is 4.98 Å². The Hall–Kier alpha value is -1.87. The second-order valence-corrected chi connectivity index (χ2v) is 4.55. The number of pyridine rings is 1. The molecule has 1 aromatic heterocycles. The first-order chi connectivity index (χ1) is 8.58. The standard InChI is InChI=1S/C14H13ClN2O/c1-9-6-7-17-14(16)13(9)12(18)8-10-2-4-11(15)5-3-10/h2-7H,8H2,1H3,(H2,16,17). The van der Waals surface area contributed by atoms with Crippen molar-refractivity contribution >= 4 is 23.2 Å². The van der Waals surface area contributed by atoms with Crippen LogP contribution in [-0.2, 0) is 6.42 Å². The molecule has 0 bridgehead atoms. The van der Waals surface area contributed by atoms with Crippen molar-refractivity contribution in [1.82, 2.24) is 4.98 Å². The van der Waals surface area contributed by atoms with Gasteiger partial charge in [0.25, 0.3) is 0 Å². The zero-order chi connectivity index (χ0) is 13.1. The lowest BCUT2D eigenvalue weighted by Crippen LogP contribution is -2.10. The van der Waals surface area contributed by atoms with Crippen LogP contribution in [0.15, 0.2) is 36.5 Å². The summed E-state index contributed by atoms with van der Waals surface area (Å²) >= 11 is 5.80. The quantitative estimate of drug-likeness (QED) is 0.863. The highest BCUT2D eigenvalue weighted by atomic mass is 35.5. The zero-order valence-electron chi connectivity index (χ0n) is 9.98. The fourth-order valence-electron chi connectivity index (χ4n) is 1.82. The third kappa shape index (κ3) is 2.68. The topological polar surface area (TPSA) is 56.0 Å². The van der Waals surface area contributed by atoms with Crippen LogP contribution in [-0.4, -0.2) is 10.8 Å². The minimum atomic E-state index is -0.0274. The number of nitrogens with zero attached hydrogens (tertiary/aromatic N) is 1. The van der Waals surface area contributed by atoms with Crippen LogP contribution in [0.5, 0.6) is 0 Å². The van der Waals surface area contributed by atoms with E-state index in [9.17, 15) is 4.79 Å². The molecule has 0 unspecified atom stereocenters. The fourth-order valence-corrected chi connectivity index (χ4v) is 1.94. The molecular weight excluding hydrogens is 248 g/mol. The largest absolute Gasteiger partial charge is 0.383 e. The van der Waals surface area contributed by atoms with E-state index in [2.05, 4.69) is 4.98 Å². The second-order valence-electron chi connectivity index (χ2n) is 4.11. The first-order valence-electron chi connectivity index (χ1n) is 5.56.